The number of allylic oxidation sites excluding steroid dienone is 2. The van der Waals surface area contributed by atoms with Gasteiger partial charge in [0.1, 0.15) is 6.61 Å². The van der Waals surface area contributed by atoms with Gasteiger partial charge < -0.3 is 19.7 Å². The van der Waals surface area contributed by atoms with Crippen LogP contribution in [0.4, 0.5) is 4.79 Å². The average molecular weight is 520 g/mol. The van der Waals surface area contributed by atoms with E-state index < -0.39 is 11.5 Å². The highest BCUT2D eigenvalue weighted by molar-refractivity contribution is 5.85. The van der Waals surface area contributed by atoms with Gasteiger partial charge in [-0.05, 0) is 43.4 Å². The predicted octanol–water partition coefficient (Wildman–Crippen LogP) is 3.18. The molecule has 9 heteroatoms. The molecule has 0 radical (unpaired) electrons. The molecule has 37 heavy (non-hydrogen) atoms. The van der Waals surface area contributed by atoms with Crippen molar-refractivity contribution in [3.05, 3.63) is 12.2 Å². The highest BCUT2D eigenvalue weighted by atomic mass is 16.5. The molecule has 1 saturated heterocycles. The Labute approximate surface area is 221 Å². The Bertz CT molecular complexity index is 835. The van der Waals surface area contributed by atoms with Crippen molar-refractivity contribution in [3.8, 4) is 0 Å². The van der Waals surface area contributed by atoms with Crippen LogP contribution in [0.3, 0.4) is 0 Å². The van der Waals surface area contributed by atoms with E-state index in [0.717, 1.165) is 12.8 Å². The summed E-state index contributed by atoms with van der Waals surface area (Å²) in [5.41, 5.74) is -0.467. The lowest BCUT2D eigenvalue weighted by atomic mass is 9.90. The van der Waals surface area contributed by atoms with Crippen molar-refractivity contribution in [1.29, 1.82) is 0 Å². The minimum Gasteiger partial charge on any atom is -0.464 e. The summed E-state index contributed by atoms with van der Waals surface area (Å²) in [6.45, 7) is 9.82. The van der Waals surface area contributed by atoms with E-state index in [-0.39, 0.29) is 56.2 Å². The van der Waals surface area contributed by atoms with Gasteiger partial charge in [0.15, 0.2) is 5.78 Å². The smallest absolute Gasteiger partial charge is 0.407 e. The highest BCUT2D eigenvalue weighted by Gasteiger charge is 2.49. The van der Waals surface area contributed by atoms with Crippen LogP contribution >= 0.6 is 0 Å². The van der Waals surface area contributed by atoms with Gasteiger partial charge in [0, 0.05) is 44.4 Å². The van der Waals surface area contributed by atoms with Crippen molar-refractivity contribution in [2.75, 3.05) is 45.9 Å². The number of rotatable bonds is 10. The molecule has 0 aromatic carbocycles. The first-order valence-electron chi connectivity index (χ1n) is 13.9. The van der Waals surface area contributed by atoms with Crippen molar-refractivity contribution in [2.45, 2.75) is 72.3 Å². The number of alkyl carbamates (subject to hydrolysis) is 1. The molecule has 0 bridgehead atoms. The Kier molecular flexibility index (Phi) is 10.6. The van der Waals surface area contributed by atoms with E-state index in [1.165, 1.54) is 12.8 Å². The Morgan fingerprint density at radius 2 is 1.65 bits per heavy atom. The van der Waals surface area contributed by atoms with Gasteiger partial charge in [-0.1, -0.05) is 39.8 Å². The second-order valence-corrected chi connectivity index (χ2v) is 11.6. The third-order valence-corrected chi connectivity index (χ3v) is 7.89. The van der Waals surface area contributed by atoms with Crippen LogP contribution in [0.25, 0.3) is 0 Å². The van der Waals surface area contributed by atoms with Crippen LogP contribution < -0.4 is 5.32 Å². The molecule has 0 aromatic rings. The summed E-state index contributed by atoms with van der Waals surface area (Å²) in [6, 6.07) is -0.247. The Morgan fingerprint density at radius 1 is 0.973 bits per heavy atom. The fourth-order valence-electron chi connectivity index (χ4n) is 5.29. The first kappa shape index (κ1) is 29.1. The summed E-state index contributed by atoms with van der Waals surface area (Å²) in [6.07, 6.45) is 9.02. The van der Waals surface area contributed by atoms with Crippen LogP contribution in [0, 0.1) is 23.2 Å². The number of hydrogen-bond donors (Lipinski definition) is 1. The lowest BCUT2D eigenvalue weighted by Gasteiger charge is -2.41. The molecule has 3 aliphatic rings. The lowest BCUT2D eigenvalue weighted by molar-refractivity contribution is -0.147. The van der Waals surface area contributed by atoms with Gasteiger partial charge >= 0.3 is 12.1 Å². The maximum atomic E-state index is 12.9. The van der Waals surface area contributed by atoms with Crippen molar-refractivity contribution in [3.63, 3.8) is 0 Å². The van der Waals surface area contributed by atoms with E-state index in [9.17, 15) is 19.2 Å². The fourth-order valence-corrected chi connectivity index (χ4v) is 5.29. The zero-order chi connectivity index (χ0) is 27.0. The second-order valence-electron chi connectivity index (χ2n) is 11.6. The Balaban J connectivity index is 1.40. The maximum Gasteiger partial charge on any atom is 0.407 e. The second kappa shape index (κ2) is 13.4. The van der Waals surface area contributed by atoms with Gasteiger partial charge in [0.2, 0.25) is 5.91 Å². The maximum absolute atomic E-state index is 12.9. The molecule has 2 aliphatic carbocycles. The van der Waals surface area contributed by atoms with Crippen molar-refractivity contribution < 1.29 is 28.7 Å². The van der Waals surface area contributed by atoms with Crippen LogP contribution in [0.1, 0.15) is 66.2 Å². The Morgan fingerprint density at radius 3 is 2.27 bits per heavy atom. The fraction of sp³-hybridized carbons (Fsp3) is 0.786. The summed E-state index contributed by atoms with van der Waals surface area (Å²) in [4.78, 5) is 53.1. The molecule has 0 aromatic heterocycles. The number of amides is 2. The molecule has 0 spiro atoms. The van der Waals surface area contributed by atoms with E-state index in [0.29, 0.717) is 44.0 Å². The van der Waals surface area contributed by atoms with Crippen LogP contribution in [0.2, 0.25) is 0 Å². The number of nitrogens with zero attached hydrogens (tertiary/aromatic N) is 2. The van der Waals surface area contributed by atoms with Gasteiger partial charge in [-0.2, -0.15) is 0 Å². The van der Waals surface area contributed by atoms with Crippen LogP contribution in [-0.4, -0.2) is 85.5 Å². The molecule has 1 heterocycles. The van der Waals surface area contributed by atoms with Crippen molar-refractivity contribution >= 4 is 23.8 Å². The zero-order valence-electron chi connectivity index (χ0n) is 23.0. The minimum absolute atomic E-state index is 0.0814. The van der Waals surface area contributed by atoms with Gasteiger partial charge in [-0.15, -0.1) is 0 Å². The third kappa shape index (κ3) is 8.83. The number of esters is 1. The Hall–Kier alpha value is -2.42. The molecule has 2 amide bonds. The van der Waals surface area contributed by atoms with E-state index in [4.69, 9.17) is 9.47 Å². The van der Waals surface area contributed by atoms with Crippen LogP contribution in [0.5, 0.6) is 0 Å². The molecule has 2 fully saturated rings. The number of ketones is 1. The van der Waals surface area contributed by atoms with Gasteiger partial charge in [0.05, 0.1) is 19.2 Å². The standard InChI is InChI=1S/C28H45N3O6/c1-5-26(34)36-18-20-16-31(15-14-30(20)17-24(32)28(2,3)4)25(33)12-13-29-27(35)37-19-23-21-10-8-6-7-9-11-22(21)23/h6-7,20-23H,5,8-19H2,1-4H3,(H,29,35)/b7-6-/t20?,21-,22+,23-. The van der Waals surface area contributed by atoms with E-state index in [1.54, 1.807) is 11.8 Å². The van der Waals surface area contributed by atoms with Crippen LogP contribution in [-0.2, 0) is 23.9 Å². The molecular formula is C28H45N3O6. The number of carbonyl (C=O) groups excluding carboxylic acids is 4. The first-order valence-corrected chi connectivity index (χ1v) is 13.9. The monoisotopic (exact) mass is 519 g/mol. The minimum atomic E-state index is -0.472. The van der Waals surface area contributed by atoms with Gasteiger partial charge in [0.25, 0.3) is 0 Å². The quantitative estimate of drug-likeness (QED) is 0.349. The topological polar surface area (TPSA) is 105 Å². The zero-order valence-corrected chi connectivity index (χ0v) is 23.0. The van der Waals surface area contributed by atoms with Crippen molar-refractivity contribution in [2.24, 2.45) is 23.2 Å². The SMILES string of the molecule is CCC(=O)OCC1CN(C(=O)CCNC(=O)OC[C@@H]2[C@@H]3CC/C=C\CC[C@@H]32)CCN1CC(=O)C(C)(C)C. The molecular weight excluding hydrogens is 474 g/mol. The molecule has 1 unspecified atom stereocenters. The number of fused-ring (bicyclic) bond motifs is 1. The normalized spacial score (nSPS) is 26.8. The van der Waals surface area contributed by atoms with Crippen molar-refractivity contribution in [1.82, 2.24) is 15.1 Å². The lowest BCUT2D eigenvalue weighted by Crippen LogP contribution is -2.58. The molecule has 1 saturated carbocycles. The van der Waals surface area contributed by atoms with Crippen LogP contribution in [0.15, 0.2) is 12.2 Å². The number of piperazine rings is 1. The summed E-state index contributed by atoms with van der Waals surface area (Å²) in [5.74, 6) is 1.52. The van der Waals surface area contributed by atoms with E-state index >= 15 is 0 Å². The molecule has 4 atom stereocenters. The third-order valence-electron chi connectivity index (χ3n) is 7.89. The first-order chi connectivity index (χ1) is 17.6. The number of nitrogens with one attached hydrogen (secondary N) is 1. The molecule has 1 aliphatic heterocycles. The molecule has 3 rings (SSSR count). The molecule has 208 valence electrons. The number of Topliss-reactive ketones (excluding diaryl/α,β-unsaturated/α-hetero) is 1. The highest BCUT2D eigenvalue weighted by Crippen LogP contribution is 2.52. The van der Waals surface area contributed by atoms with Gasteiger partial charge in [-0.25, -0.2) is 4.79 Å². The molecule has 9 nitrogen and oxygen atoms in total. The summed E-state index contributed by atoms with van der Waals surface area (Å²) < 4.78 is 10.8. The number of hydrogen-bond acceptors (Lipinski definition) is 7. The largest absolute Gasteiger partial charge is 0.464 e. The van der Waals surface area contributed by atoms with E-state index in [1.807, 2.05) is 25.7 Å². The summed E-state index contributed by atoms with van der Waals surface area (Å²) in [7, 11) is 0. The van der Waals surface area contributed by atoms with Gasteiger partial charge in [-0.3, -0.25) is 19.3 Å². The molecule has 1 N–H and O–H groups in total. The predicted molar refractivity (Wildman–Crippen MR) is 140 cm³/mol. The number of carbonyl (C=O) groups is 4. The summed E-state index contributed by atoms with van der Waals surface area (Å²) in [5, 5.41) is 2.71. The average Bonchev–Trinajstić information content (AvgIpc) is 3.49. The van der Waals surface area contributed by atoms with E-state index in [2.05, 4.69) is 17.5 Å². The summed E-state index contributed by atoms with van der Waals surface area (Å²) >= 11 is 0. The number of ether oxygens (including phenoxy) is 2.